The standard InChI is InChI=1S/C20H22N4O3S/c1-10-8-11(2)22-18(26)13(10)9-21-16(25)7-6-15-23-19(27)17-12-4-3-5-14(12)28-20(17)24-15/h8H,3-7,9H2,1-2H3,(H,21,25)(H,22,26)(H,23,24,27). The van der Waals surface area contributed by atoms with Gasteiger partial charge in [0.15, 0.2) is 0 Å². The predicted octanol–water partition coefficient (Wildman–Crippen LogP) is 2.03. The summed E-state index contributed by atoms with van der Waals surface area (Å²) in [5, 5.41) is 3.50. The number of rotatable bonds is 5. The topological polar surface area (TPSA) is 108 Å². The number of nitrogens with one attached hydrogen (secondary N) is 3. The largest absolute Gasteiger partial charge is 0.352 e. The molecule has 3 heterocycles. The highest BCUT2D eigenvalue weighted by atomic mass is 32.1. The Hall–Kier alpha value is -2.74. The lowest BCUT2D eigenvalue weighted by molar-refractivity contribution is -0.121. The number of pyridine rings is 1. The van der Waals surface area contributed by atoms with Gasteiger partial charge in [-0.15, -0.1) is 11.3 Å². The van der Waals surface area contributed by atoms with Crippen LogP contribution in [0.3, 0.4) is 0 Å². The lowest BCUT2D eigenvalue weighted by atomic mass is 10.1. The molecule has 7 nitrogen and oxygen atoms in total. The molecule has 0 radical (unpaired) electrons. The monoisotopic (exact) mass is 398 g/mol. The lowest BCUT2D eigenvalue weighted by Crippen LogP contribution is -2.28. The minimum Gasteiger partial charge on any atom is -0.352 e. The number of aromatic amines is 2. The minimum atomic E-state index is -0.184. The van der Waals surface area contributed by atoms with Crippen LogP contribution in [-0.4, -0.2) is 20.9 Å². The summed E-state index contributed by atoms with van der Waals surface area (Å²) in [6.07, 6.45) is 3.61. The van der Waals surface area contributed by atoms with Crippen molar-refractivity contribution in [2.24, 2.45) is 0 Å². The molecule has 0 saturated heterocycles. The molecule has 0 saturated carbocycles. The van der Waals surface area contributed by atoms with Gasteiger partial charge >= 0.3 is 0 Å². The fraction of sp³-hybridized carbons (Fsp3) is 0.400. The Labute approximate surface area is 165 Å². The molecule has 0 unspecified atom stereocenters. The summed E-state index contributed by atoms with van der Waals surface area (Å²) < 4.78 is 0. The van der Waals surface area contributed by atoms with Crippen LogP contribution in [0.5, 0.6) is 0 Å². The molecule has 0 spiro atoms. The third-order valence-electron chi connectivity index (χ3n) is 5.17. The first-order valence-electron chi connectivity index (χ1n) is 9.42. The average molecular weight is 398 g/mol. The van der Waals surface area contributed by atoms with Crippen LogP contribution in [0.15, 0.2) is 15.7 Å². The minimum absolute atomic E-state index is 0.110. The van der Waals surface area contributed by atoms with Gasteiger partial charge in [0.1, 0.15) is 10.7 Å². The highest BCUT2D eigenvalue weighted by Crippen LogP contribution is 2.34. The van der Waals surface area contributed by atoms with Crippen molar-refractivity contribution in [3.63, 3.8) is 0 Å². The normalized spacial score (nSPS) is 13.1. The number of aromatic nitrogens is 3. The van der Waals surface area contributed by atoms with Crippen LogP contribution >= 0.6 is 11.3 Å². The van der Waals surface area contributed by atoms with E-state index in [9.17, 15) is 14.4 Å². The van der Waals surface area contributed by atoms with Gasteiger partial charge in [0.25, 0.3) is 11.1 Å². The highest BCUT2D eigenvalue weighted by molar-refractivity contribution is 7.18. The molecule has 0 bridgehead atoms. The van der Waals surface area contributed by atoms with E-state index in [-0.39, 0.29) is 30.0 Å². The number of hydrogen-bond donors (Lipinski definition) is 3. The Morgan fingerprint density at radius 1 is 1.21 bits per heavy atom. The smallest absolute Gasteiger partial charge is 0.259 e. The van der Waals surface area contributed by atoms with E-state index in [4.69, 9.17) is 0 Å². The maximum atomic E-state index is 12.5. The van der Waals surface area contributed by atoms with Crippen LogP contribution in [0.4, 0.5) is 0 Å². The Balaban J connectivity index is 1.41. The van der Waals surface area contributed by atoms with Crippen molar-refractivity contribution in [2.45, 2.75) is 52.5 Å². The number of fused-ring (bicyclic) bond motifs is 3. The third kappa shape index (κ3) is 3.52. The van der Waals surface area contributed by atoms with Gasteiger partial charge in [-0.05, 0) is 50.3 Å². The second-order valence-corrected chi connectivity index (χ2v) is 8.35. The molecule has 3 aromatic heterocycles. The predicted molar refractivity (Wildman–Crippen MR) is 109 cm³/mol. The number of nitrogens with zero attached hydrogens (tertiary/aromatic N) is 1. The van der Waals surface area contributed by atoms with Crippen molar-refractivity contribution in [3.05, 3.63) is 59.9 Å². The van der Waals surface area contributed by atoms with Crippen molar-refractivity contribution < 1.29 is 4.79 Å². The van der Waals surface area contributed by atoms with Gasteiger partial charge in [-0.2, -0.15) is 0 Å². The molecule has 0 aromatic carbocycles. The van der Waals surface area contributed by atoms with Gasteiger partial charge in [0.2, 0.25) is 5.91 Å². The van der Waals surface area contributed by atoms with Gasteiger partial charge in [-0.1, -0.05) is 0 Å². The number of thiophene rings is 1. The van der Waals surface area contributed by atoms with Crippen molar-refractivity contribution in [1.29, 1.82) is 0 Å². The summed E-state index contributed by atoms with van der Waals surface area (Å²) in [5.74, 6) is 0.340. The van der Waals surface area contributed by atoms with Crippen LogP contribution in [0.25, 0.3) is 10.2 Å². The molecule has 0 aliphatic heterocycles. The van der Waals surface area contributed by atoms with E-state index in [1.165, 1.54) is 4.88 Å². The van der Waals surface area contributed by atoms with Gasteiger partial charge in [-0.25, -0.2) is 4.98 Å². The second-order valence-electron chi connectivity index (χ2n) is 7.27. The number of H-pyrrole nitrogens is 2. The van der Waals surface area contributed by atoms with Crippen LogP contribution in [0.2, 0.25) is 0 Å². The first-order chi connectivity index (χ1) is 13.4. The molecule has 1 aliphatic rings. The number of carbonyl (C=O) groups is 1. The number of carbonyl (C=O) groups excluding carboxylic acids is 1. The van der Waals surface area contributed by atoms with Crippen LogP contribution in [-0.2, 0) is 30.6 Å². The van der Waals surface area contributed by atoms with Gasteiger partial charge in [-0.3, -0.25) is 14.4 Å². The van der Waals surface area contributed by atoms with Crippen molar-refractivity contribution in [2.75, 3.05) is 0 Å². The van der Waals surface area contributed by atoms with E-state index in [1.54, 1.807) is 11.3 Å². The summed E-state index contributed by atoms with van der Waals surface area (Å²) in [4.78, 5) is 48.8. The van der Waals surface area contributed by atoms with Crippen LogP contribution in [0, 0.1) is 13.8 Å². The van der Waals surface area contributed by atoms with E-state index in [1.807, 2.05) is 19.9 Å². The molecule has 4 rings (SSSR count). The Bertz CT molecular complexity index is 1190. The number of hydrogen-bond acceptors (Lipinski definition) is 5. The molecule has 1 aliphatic carbocycles. The van der Waals surface area contributed by atoms with E-state index < -0.39 is 0 Å². The van der Waals surface area contributed by atoms with E-state index in [0.29, 0.717) is 17.8 Å². The molecule has 146 valence electrons. The molecule has 8 heteroatoms. The summed E-state index contributed by atoms with van der Waals surface area (Å²) in [5.41, 5.74) is 3.06. The average Bonchev–Trinajstić information content (AvgIpc) is 3.19. The van der Waals surface area contributed by atoms with Crippen molar-refractivity contribution in [1.82, 2.24) is 20.3 Å². The van der Waals surface area contributed by atoms with Crippen molar-refractivity contribution in [3.8, 4) is 0 Å². The fourth-order valence-electron chi connectivity index (χ4n) is 3.77. The first-order valence-corrected chi connectivity index (χ1v) is 10.2. The molecule has 3 aromatic rings. The Morgan fingerprint density at radius 3 is 2.82 bits per heavy atom. The summed E-state index contributed by atoms with van der Waals surface area (Å²) in [6, 6.07) is 1.88. The van der Waals surface area contributed by atoms with Gasteiger partial charge < -0.3 is 15.3 Å². The maximum Gasteiger partial charge on any atom is 0.259 e. The molecule has 1 amide bonds. The Morgan fingerprint density at radius 2 is 2.04 bits per heavy atom. The zero-order valence-electron chi connectivity index (χ0n) is 15.9. The van der Waals surface area contributed by atoms with Crippen LogP contribution in [0.1, 0.15) is 45.9 Å². The summed E-state index contributed by atoms with van der Waals surface area (Å²) in [7, 11) is 0. The number of aryl methyl sites for hydroxylation is 5. The molecule has 0 atom stereocenters. The van der Waals surface area contributed by atoms with Crippen LogP contribution < -0.4 is 16.4 Å². The molecule has 28 heavy (non-hydrogen) atoms. The maximum absolute atomic E-state index is 12.5. The van der Waals surface area contributed by atoms with E-state index in [0.717, 1.165) is 46.3 Å². The molecular weight excluding hydrogens is 376 g/mol. The number of amides is 1. The SMILES string of the molecule is Cc1cc(C)c(CNC(=O)CCc2nc3sc4c(c3c(=O)[nH]2)CCC4)c(=O)[nH]1. The third-order valence-corrected chi connectivity index (χ3v) is 6.35. The Kier molecular flexibility index (Phi) is 4.89. The highest BCUT2D eigenvalue weighted by Gasteiger charge is 2.21. The van der Waals surface area contributed by atoms with Gasteiger partial charge in [0.05, 0.1) is 5.39 Å². The van der Waals surface area contributed by atoms with E-state index >= 15 is 0 Å². The zero-order chi connectivity index (χ0) is 19.8. The van der Waals surface area contributed by atoms with Gasteiger partial charge in [0, 0.05) is 35.5 Å². The molecular formula is C20H22N4O3S. The quantitative estimate of drug-likeness (QED) is 0.611. The zero-order valence-corrected chi connectivity index (χ0v) is 16.7. The van der Waals surface area contributed by atoms with E-state index in [2.05, 4.69) is 20.3 Å². The molecule has 0 fully saturated rings. The fourth-order valence-corrected chi connectivity index (χ4v) is 5.05. The first kappa shape index (κ1) is 18.6. The summed E-state index contributed by atoms with van der Waals surface area (Å²) >= 11 is 1.59. The van der Waals surface area contributed by atoms with Crippen molar-refractivity contribution >= 4 is 27.5 Å². The summed E-state index contributed by atoms with van der Waals surface area (Å²) in [6.45, 7) is 3.86. The second kappa shape index (κ2) is 7.35. The molecule has 3 N–H and O–H groups in total. The lowest BCUT2D eigenvalue weighted by Gasteiger charge is -2.08.